The molecule has 1 unspecified atom stereocenters. The van der Waals surface area contributed by atoms with E-state index >= 15 is 0 Å². The van der Waals surface area contributed by atoms with Crippen molar-refractivity contribution in [2.75, 3.05) is 5.32 Å². The van der Waals surface area contributed by atoms with Crippen molar-refractivity contribution in [3.8, 4) is 0 Å². The van der Waals surface area contributed by atoms with Gasteiger partial charge in [0, 0.05) is 6.04 Å². The van der Waals surface area contributed by atoms with Gasteiger partial charge in [-0.2, -0.15) is 0 Å². The molecule has 1 aromatic rings. The fraction of sp³-hybridized carbons (Fsp3) is 0.385. The van der Waals surface area contributed by atoms with Gasteiger partial charge in [-0.15, -0.1) is 0 Å². The van der Waals surface area contributed by atoms with Crippen molar-refractivity contribution in [2.45, 2.75) is 32.4 Å². The zero-order chi connectivity index (χ0) is 14.2. The van der Waals surface area contributed by atoms with Crippen LogP contribution in [0.3, 0.4) is 0 Å². The lowest BCUT2D eigenvalue weighted by Crippen LogP contribution is -2.39. The quantitative estimate of drug-likeness (QED) is 0.857. The highest BCUT2D eigenvalue weighted by Crippen LogP contribution is 2.31. The molecule has 102 valence electrons. The topological polar surface area (TPSA) is 49.4 Å². The lowest BCUT2D eigenvalue weighted by Gasteiger charge is -2.19. The van der Waals surface area contributed by atoms with Gasteiger partial charge in [0.15, 0.2) is 0 Å². The van der Waals surface area contributed by atoms with E-state index in [0.717, 1.165) is 0 Å². The number of carbonyl (C=O) groups is 2. The van der Waals surface area contributed by atoms with E-state index in [1.165, 1.54) is 4.90 Å². The molecule has 4 nitrogen and oxygen atoms in total. The molecule has 1 aliphatic rings. The first-order chi connectivity index (χ1) is 8.91. The molecule has 0 bridgehead atoms. The number of amides is 2. The maximum Gasteiger partial charge on any atom is 0.252 e. The number of nitrogens with zero attached hydrogens (tertiary/aromatic N) is 1. The Hall–Kier alpha value is -1.07. The minimum atomic E-state index is -0.523. The number of anilines is 1. The Morgan fingerprint density at radius 3 is 2.68 bits per heavy atom. The number of benzene rings is 1. The zero-order valence-corrected chi connectivity index (χ0v) is 13.0. The second kappa shape index (κ2) is 5.51. The van der Waals surface area contributed by atoms with E-state index in [1.54, 1.807) is 12.1 Å². The van der Waals surface area contributed by atoms with Crippen molar-refractivity contribution < 1.29 is 9.59 Å². The first-order valence-electron chi connectivity index (χ1n) is 5.98. The number of hydrogen-bond acceptors (Lipinski definition) is 3. The maximum absolute atomic E-state index is 12.2. The summed E-state index contributed by atoms with van der Waals surface area (Å²) in [5, 5.41) is 3.63. The standard InChI is InChI=1S/C13H14BrClN2O2/c1-7(2)17-11(18)6-10(13(17)19)16-9-5-3-4-8(15)12(9)14/h3-5,7,10,16H,6H2,1-2H3. The monoisotopic (exact) mass is 344 g/mol. The highest BCUT2D eigenvalue weighted by molar-refractivity contribution is 9.10. The van der Waals surface area contributed by atoms with Crippen molar-refractivity contribution in [1.82, 2.24) is 4.90 Å². The summed E-state index contributed by atoms with van der Waals surface area (Å²) in [4.78, 5) is 25.3. The van der Waals surface area contributed by atoms with Crippen molar-refractivity contribution >= 4 is 45.0 Å². The average molecular weight is 346 g/mol. The van der Waals surface area contributed by atoms with E-state index in [9.17, 15) is 9.59 Å². The summed E-state index contributed by atoms with van der Waals surface area (Å²) in [6.07, 6.45) is 0.177. The molecule has 6 heteroatoms. The minimum absolute atomic E-state index is 0.116. The Balaban J connectivity index is 2.19. The Kier molecular flexibility index (Phi) is 4.16. The van der Waals surface area contributed by atoms with Crippen LogP contribution in [-0.4, -0.2) is 28.8 Å². The SMILES string of the molecule is CC(C)N1C(=O)CC(Nc2cccc(Cl)c2Br)C1=O. The van der Waals surface area contributed by atoms with Gasteiger partial charge in [0.05, 0.1) is 21.6 Å². The average Bonchev–Trinajstić information content (AvgIpc) is 2.60. The van der Waals surface area contributed by atoms with E-state index in [4.69, 9.17) is 11.6 Å². The van der Waals surface area contributed by atoms with E-state index in [2.05, 4.69) is 21.2 Å². The maximum atomic E-state index is 12.2. The van der Waals surface area contributed by atoms with E-state index in [1.807, 2.05) is 19.9 Å². The van der Waals surface area contributed by atoms with Crippen LogP contribution in [-0.2, 0) is 9.59 Å². The Morgan fingerprint density at radius 1 is 1.42 bits per heavy atom. The second-order valence-electron chi connectivity index (χ2n) is 4.70. The number of hydrogen-bond donors (Lipinski definition) is 1. The number of rotatable bonds is 3. The normalized spacial score (nSPS) is 19.4. The van der Waals surface area contributed by atoms with E-state index in [0.29, 0.717) is 15.2 Å². The molecule has 1 fully saturated rings. The molecular weight excluding hydrogens is 332 g/mol. The van der Waals surface area contributed by atoms with Crippen molar-refractivity contribution in [3.63, 3.8) is 0 Å². The third-order valence-electron chi connectivity index (χ3n) is 2.98. The van der Waals surface area contributed by atoms with Crippen LogP contribution in [0.2, 0.25) is 5.02 Å². The largest absolute Gasteiger partial charge is 0.372 e. The van der Waals surface area contributed by atoms with Crippen molar-refractivity contribution in [2.24, 2.45) is 0 Å². The molecule has 19 heavy (non-hydrogen) atoms. The Bertz CT molecular complexity index is 533. The van der Waals surface area contributed by atoms with Gasteiger partial charge in [-0.1, -0.05) is 17.7 Å². The third kappa shape index (κ3) is 2.77. The van der Waals surface area contributed by atoms with E-state index in [-0.39, 0.29) is 24.3 Å². The molecule has 1 saturated heterocycles. The predicted molar refractivity (Wildman–Crippen MR) is 78.2 cm³/mol. The molecule has 0 saturated carbocycles. The summed E-state index contributed by atoms with van der Waals surface area (Å²) >= 11 is 9.36. The summed E-state index contributed by atoms with van der Waals surface area (Å²) in [7, 11) is 0. The molecule has 0 spiro atoms. The summed E-state index contributed by atoms with van der Waals surface area (Å²) in [5.41, 5.74) is 0.712. The van der Waals surface area contributed by atoms with Crippen LogP contribution in [0.1, 0.15) is 20.3 Å². The first kappa shape index (κ1) is 14.3. The Labute approximate surface area is 125 Å². The fourth-order valence-electron chi connectivity index (χ4n) is 2.11. The van der Waals surface area contributed by atoms with E-state index < -0.39 is 6.04 Å². The molecule has 1 heterocycles. The van der Waals surface area contributed by atoms with Crippen molar-refractivity contribution in [3.05, 3.63) is 27.7 Å². The molecule has 2 amide bonds. The molecule has 0 aromatic heterocycles. The van der Waals surface area contributed by atoms with Gasteiger partial charge in [0.1, 0.15) is 6.04 Å². The molecule has 1 aromatic carbocycles. The zero-order valence-electron chi connectivity index (χ0n) is 10.6. The van der Waals surface area contributed by atoms with Crippen LogP contribution in [0.25, 0.3) is 0 Å². The van der Waals surface area contributed by atoms with Gasteiger partial charge in [-0.3, -0.25) is 14.5 Å². The summed E-state index contributed by atoms with van der Waals surface area (Å²) in [6, 6.07) is 4.71. The molecule has 1 aliphatic heterocycles. The third-order valence-corrected chi connectivity index (χ3v) is 4.38. The number of imide groups is 1. The first-order valence-corrected chi connectivity index (χ1v) is 7.15. The second-order valence-corrected chi connectivity index (χ2v) is 5.90. The van der Waals surface area contributed by atoms with Gasteiger partial charge in [0.25, 0.3) is 5.91 Å². The molecular formula is C13H14BrClN2O2. The van der Waals surface area contributed by atoms with Crippen LogP contribution in [0.4, 0.5) is 5.69 Å². The number of halogens is 2. The summed E-state index contributed by atoms with van der Waals surface area (Å²) < 4.78 is 0.694. The summed E-state index contributed by atoms with van der Waals surface area (Å²) in [6.45, 7) is 3.65. The molecule has 1 atom stereocenters. The number of likely N-dealkylation sites (tertiary alicyclic amines) is 1. The lowest BCUT2D eigenvalue weighted by atomic mass is 10.2. The van der Waals surface area contributed by atoms with Crippen LogP contribution >= 0.6 is 27.5 Å². The molecule has 2 rings (SSSR count). The summed E-state index contributed by atoms with van der Waals surface area (Å²) in [5.74, 6) is -0.331. The van der Waals surface area contributed by atoms with Crippen molar-refractivity contribution in [1.29, 1.82) is 0 Å². The lowest BCUT2D eigenvalue weighted by molar-refractivity contribution is -0.140. The van der Waals surface area contributed by atoms with Crippen LogP contribution in [0.5, 0.6) is 0 Å². The van der Waals surface area contributed by atoms with Gasteiger partial charge in [-0.05, 0) is 41.9 Å². The number of carbonyl (C=O) groups excluding carboxylic acids is 2. The van der Waals surface area contributed by atoms with Crippen LogP contribution in [0.15, 0.2) is 22.7 Å². The molecule has 1 N–H and O–H groups in total. The fourth-order valence-corrected chi connectivity index (χ4v) is 2.66. The smallest absolute Gasteiger partial charge is 0.252 e. The highest BCUT2D eigenvalue weighted by atomic mass is 79.9. The minimum Gasteiger partial charge on any atom is -0.372 e. The van der Waals surface area contributed by atoms with Crippen LogP contribution in [0, 0.1) is 0 Å². The van der Waals surface area contributed by atoms with Gasteiger partial charge in [-0.25, -0.2) is 0 Å². The number of nitrogens with one attached hydrogen (secondary N) is 1. The van der Waals surface area contributed by atoms with Gasteiger partial charge < -0.3 is 5.32 Å². The predicted octanol–water partition coefficient (Wildman–Crippen LogP) is 3.05. The van der Waals surface area contributed by atoms with Gasteiger partial charge >= 0.3 is 0 Å². The molecule has 0 aliphatic carbocycles. The van der Waals surface area contributed by atoms with Crippen LogP contribution < -0.4 is 5.32 Å². The Morgan fingerprint density at radius 2 is 2.11 bits per heavy atom. The highest BCUT2D eigenvalue weighted by Gasteiger charge is 2.40. The van der Waals surface area contributed by atoms with Gasteiger partial charge in [0.2, 0.25) is 5.91 Å². The molecule has 0 radical (unpaired) electrons.